The topological polar surface area (TPSA) is 3.24 Å². The average Bonchev–Trinajstić information content (AvgIpc) is 2.35. The largest absolute Gasteiger partial charge is 0.300 e. The van der Waals surface area contributed by atoms with Gasteiger partial charge >= 0.3 is 0 Å². The highest BCUT2D eigenvalue weighted by molar-refractivity contribution is 6.42. The van der Waals surface area contributed by atoms with Gasteiger partial charge in [0.25, 0.3) is 0 Å². The molecule has 2 rings (SSSR count). The number of likely N-dealkylation sites (tertiary alicyclic amines) is 1. The van der Waals surface area contributed by atoms with Crippen LogP contribution in [0.3, 0.4) is 0 Å². The molecular formula is C14H17Cl2N. The van der Waals surface area contributed by atoms with Gasteiger partial charge in [-0.3, -0.25) is 4.90 Å². The van der Waals surface area contributed by atoms with Crippen molar-refractivity contribution in [3.05, 3.63) is 39.9 Å². The molecular weight excluding hydrogens is 253 g/mol. The second kappa shape index (κ2) is 6.44. The summed E-state index contributed by atoms with van der Waals surface area (Å²) in [5, 5.41) is 1.23. The lowest BCUT2D eigenvalue weighted by atomic mass is 10.1. The fourth-order valence-corrected chi connectivity index (χ4v) is 2.40. The van der Waals surface area contributed by atoms with Gasteiger partial charge in [-0.2, -0.15) is 0 Å². The Morgan fingerprint density at radius 1 is 1.06 bits per heavy atom. The molecule has 0 atom stereocenters. The van der Waals surface area contributed by atoms with Crippen molar-refractivity contribution >= 4 is 29.3 Å². The third kappa shape index (κ3) is 4.02. The number of rotatable bonds is 3. The molecule has 0 amide bonds. The summed E-state index contributed by atoms with van der Waals surface area (Å²) in [5.74, 6) is 0. The van der Waals surface area contributed by atoms with Crippen LogP contribution >= 0.6 is 23.2 Å². The summed E-state index contributed by atoms with van der Waals surface area (Å²) in [4.78, 5) is 2.48. The van der Waals surface area contributed by atoms with Crippen LogP contribution in [0.2, 0.25) is 10.0 Å². The van der Waals surface area contributed by atoms with Gasteiger partial charge in [0.15, 0.2) is 0 Å². The lowest BCUT2D eigenvalue weighted by molar-refractivity contribution is 0.252. The molecule has 1 fully saturated rings. The monoisotopic (exact) mass is 269 g/mol. The van der Waals surface area contributed by atoms with Crippen LogP contribution in [0.1, 0.15) is 24.8 Å². The molecule has 0 radical (unpaired) electrons. The number of nitrogens with zero attached hydrogens (tertiary/aromatic N) is 1. The minimum absolute atomic E-state index is 0.611. The number of piperidine rings is 1. The summed E-state index contributed by atoms with van der Waals surface area (Å²) < 4.78 is 0. The van der Waals surface area contributed by atoms with Gasteiger partial charge in [-0.1, -0.05) is 47.8 Å². The van der Waals surface area contributed by atoms with E-state index >= 15 is 0 Å². The zero-order valence-electron chi connectivity index (χ0n) is 9.83. The SMILES string of the molecule is Clc1ccc(/C=C/CN2CCCCC2)cc1Cl. The van der Waals surface area contributed by atoms with E-state index in [9.17, 15) is 0 Å². The smallest absolute Gasteiger partial charge is 0.0598 e. The Bertz CT molecular complexity index is 395. The van der Waals surface area contributed by atoms with Gasteiger partial charge in [-0.05, 0) is 43.6 Å². The fraction of sp³-hybridized carbons (Fsp3) is 0.429. The summed E-state index contributed by atoms with van der Waals surface area (Å²) in [6, 6.07) is 5.72. The molecule has 1 nitrogen and oxygen atoms in total. The predicted octanol–water partition coefficient (Wildman–Crippen LogP) is 4.49. The van der Waals surface area contributed by atoms with Crippen molar-refractivity contribution < 1.29 is 0 Å². The van der Waals surface area contributed by atoms with E-state index in [1.165, 1.54) is 32.4 Å². The van der Waals surface area contributed by atoms with Gasteiger partial charge in [0, 0.05) is 6.54 Å². The maximum absolute atomic E-state index is 5.97. The minimum atomic E-state index is 0.611. The standard InChI is InChI=1S/C14H17Cl2N/c15-13-7-6-12(11-14(13)16)5-4-10-17-8-2-1-3-9-17/h4-7,11H,1-3,8-10H2/b5-4+. The Morgan fingerprint density at radius 2 is 1.82 bits per heavy atom. The first kappa shape index (κ1) is 12.9. The van der Waals surface area contributed by atoms with Crippen LogP contribution in [0.4, 0.5) is 0 Å². The molecule has 0 bridgehead atoms. The molecule has 0 N–H and O–H groups in total. The molecule has 17 heavy (non-hydrogen) atoms. The van der Waals surface area contributed by atoms with E-state index in [2.05, 4.69) is 17.1 Å². The van der Waals surface area contributed by atoms with Crippen LogP contribution in [-0.4, -0.2) is 24.5 Å². The second-order valence-electron chi connectivity index (χ2n) is 4.44. The number of hydrogen-bond acceptors (Lipinski definition) is 1. The van der Waals surface area contributed by atoms with Crippen molar-refractivity contribution in [1.29, 1.82) is 0 Å². The molecule has 3 heteroatoms. The normalized spacial score (nSPS) is 17.8. The van der Waals surface area contributed by atoms with Gasteiger partial charge < -0.3 is 0 Å². The lowest BCUT2D eigenvalue weighted by Gasteiger charge is -2.24. The third-order valence-electron chi connectivity index (χ3n) is 3.07. The highest BCUT2D eigenvalue weighted by Crippen LogP contribution is 2.23. The lowest BCUT2D eigenvalue weighted by Crippen LogP contribution is -2.29. The van der Waals surface area contributed by atoms with Crippen LogP contribution in [0.15, 0.2) is 24.3 Å². The molecule has 1 saturated heterocycles. The number of benzene rings is 1. The van der Waals surface area contributed by atoms with Crippen molar-refractivity contribution in [3.8, 4) is 0 Å². The van der Waals surface area contributed by atoms with Crippen molar-refractivity contribution in [2.75, 3.05) is 19.6 Å². The van der Waals surface area contributed by atoms with Crippen molar-refractivity contribution in [3.63, 3.8) is 0 Å². The van der Waals surface area contributed by atoms with Gasteiger partial charge in [-0.15, -0.1) is 0 Å². The molecule has 92 valence electrons. The van der Waals surface area contributed by atoms with E-state index < -0.39 is 0 Å². The van der Waals surface area contributed by atoms with Gasteiger partial charge in [0.2, 0.25) is 0 Å². The molecule has 1 aromatic rings. The zero-order chi connectivity index (χ0) is 12.1. The molecule has 0 aromatic heterocycles. The molecule has 0 unspecified atom stereocenters. The Labute approximate surface area is 113 Å². The zero-order valence-corrected chi connectivity index (χ0v) is 11.3. The highest BCUT2D eigenvalue weighted by Gasteiger charge is 2.07. The quantitative estimate of drug-likeness (QED) is 0.782. The minimum Gasteiger partial charge on any atom is -0.300 e. The summed E-state index contributed by atoms with van der Waals surface area (Å²) in [5.41, 5.74) is 1.11. The van der Waals surface area contributed by atoms with E-state index in [0.717, 1.165) is 12.1 Å². The first-order chi connectivity index (χ1) is 8.25. The van der Waals surface area contributed by atoms with Crippen LogP contribution in [0.25, 0.3) is 6.08 Å². The molecule has 0 aliphatic carbocycles. The highest BCUT2D eigenvalue weighted by atomic mass is 35.5. The van der Waals surface area contributed by atoms with E-state index in [1.807, 2.05) is 18.2 Å². The number of halogens is 2. The van der Waals surface area contributed by atoms with Crippen molar-refractivity contribution in [2.24, 2.45) is 0 Å². The van der Waals surface area contributed by atoms with Gasteiger partial charge in [-0.25, -0.2) is 0 Å². The maximum Gasteiger partial charge on any atom is 0.0598 e. The molecule has 1 aromatic carbocycles. The fourth-order valence-electron chi connectivity index (χ4n) is 2.10. The van der Waals surface area contributed by atoms with Crippen LogP contribution in [-0.2, 0) is 0 Å². The summed E-state index contributed by atoms with van der Waals surface area (Å²) in [7, 11) is 0. The predicted molar refractivity (Wildman–Crippen MR) is 75.8 cm³/mol. The summed E-state index contributed by atoms with van der Waals surface area (Å²) in [6.45, 7) is 3.48. The Kier molecular flexibility index (Phi) is 4.90. The van der Waals surface area contributed by atoms with E-state index in [0.29, 0.717) is 10.0 Å². The summed E-state index contributed by atoms with van der Waals surface area (Å²) in [6.07, 6.45) is 8.36. The molecule has 0 spiro atoms. The first-order valence-electron chi connectivity index (χ1n) is 6.09. The van der Waals surface area contributed by atoms with Crippen LogP contribution in [0.5, 0.6) is 0 Å². The molecule has 1 heterocycles. The molecule has 1 aliphatic rings. The van der Waals surface area contributed by atoms with Gasteiger partial charge in [0.05, 0.1) is 10.0 Å². The van der Waals surface area contributed by atoms with E-state index in [-0.39, 0.29) is 0 Å². The van der Waals surface area contributed by atoms with Gasteiger partial charge in [0.1, 0.15) is 0 Å². The van der Waals surface area contributed by atoms with E-state index in [4.69, 9.17) is 23.2 Å². The van der Waals surface area contributed by atoms with Crippen LogP contribution < -0.4 is 0 Å². The Balaban J connectivity index is 1.88. The third-order valence-corrected chi connectivity index (χ3v) is 3.81. The molecule has 1 aliphatic heterocycles. The Hall–Kier alpha value is -0.500. The Morgan fingerprint density at radius 3 is 2.53 bits per heavy atom. The maximum atomic E-state index is 5.97. The summed E-state index contributed by atoms with van der Waals surface area (Å²) >= 11 is 11.8. The van der Waals surface area contributed by atoms with E-state index in [1.54, 1.807) is 0 Å². The average molecular weight is 270 g/mol. The van der Waals surface area contributed by atoms with Crippen molar-refractivity contribution in [1.82, 2.24) is 4.90 Å². The number of hydrogen-bond donors (Lipinski definition) is 0. The van der Waals surface area contributed by atoms with Crippen molar-refractivity contribution in [2.45, 2.75) is 19.3 Å². The van der Waals surface area contributed by atoms with Crippen LogP contribution in [0, 0.1) is 0 Å². The molecule has 0 saturated carbocycles. The first-order valence-corrected chi connectivity index (χ1v) is 6.85. The second-order valence-corrected chi connectivity index (χ2v) is 5.25.